The van der Waals surface area contributed by atoms with Gasteiger partial charge in [0.2, 0.25) is 5.91 Å². The molecule has 1 amide bonds. The Hall–Kier alpha value is -1.46. The number of hydrogen-bond acceptors (Lipinski definition) is 3. The highest BCUT2D eigenvalue weighted by Crippen LogP contribution is 2.36. The normalized spacial score (nSPS) is 25.3. The zero-order valence-electron chi connectivity index (χ0n) is 13.0. The molecule has 2 rings (SSSR count). The minimum Gasteiger partial charge on any atom is -0.396 e. The van der Waals surface area contributed by atoms with E-state index in [1.165, 1.54) is 12.1 Å². The van der Waals surface area contributed by atoms with Crippen LogP contribution in [-0.4, -0.2) is 46.8 Å². The molecule has 0 spiro atoms. The van der Waals surface area contributed by atoms with Crippen molar-refractivity contribution in [2.24, 2.45) is 5.41 Å². The summed E-state index contributed by atoms with van der Waals surface area (Å²) in [5.41, 5.74) is 0.136. The van der Waals surface area contributed by atoms with E-state index in [1.54, 1.807) is 17.0 Å². The standard InChI is InChI=1S/C17H24FNO3/c1-2-6-17(12-20)7-8-19(11-15(17)21)16(22)10-13-4-3-5-14(18)9-13/h3-5,9,15,20-21H,2,6-8,10-12H2,1H3/t15-,17-/m1/s1. The number of rotatable bonds is 5. The Labute approximate surface area is 130 Å². The van der Waals surface area contributed by atoms with Crippen LogP contribution in [0.5, 0.6) is 0 Å². The van der Waals surface area contributed by atoms with Crippen LogP contribution in [0, 0.1) is 11.2 Å². The summed E-state index contributed by atoms with van der Waals surface area (Å²) >= 11 is 0. The zero-order valence-corrected chi connectivity index (χ0v) is 13.0. The molecule has 0 bridgehead atoms. The van der Waals surface area contributed by atoms with Crippen molar-refractivity contribution in [3.63, 3.8) is 0 Å². The molecule has 2 atom stereocenters. The molecule has 0 saturated carbocycles. The quantitative estimate of drug-likeness (QED) is 0.871. The monoisotopic (exact) mass is 309 g/mol. The molecule has 2 N–H and O–H groups in total. The highest BCUT2D eigenvalue weighted by molar-refractivity contribution is 5.79. The van der Waals surface area contributed by atoms with Gasteiger partial charge in [-0.1, -0.05) is 25.5 Å². The number of nitrogens with zero attached hydrogens (tertiary/aromatic N) is 1. The maximum Gasteiger partial charge on any atom is 0.227 e. The number of benzene rings is 1. The van der Waals surface area contributed by atoms with Crippen molar-refractivity contribution in [1.29, 1.82) is 0 Å². The summed E-state index contributed by atoms with van der Waals surface area (Å²) in [6, 6.07) is 6.00. The maximum absolute atomic E-state index is 13.2. The van der Waals surface area contributed by atoms with Gasteiger partial charge in [0, 0.05) is 18.5 Å². The molecule has 1 aliphatic rings. The number of piperidine rings is 1. The number of aliphatic hydroxyl groups excluding tert-OH is 2. The van der Waals surface area contributed by atoms with Crippen LogP contribution in [0.3, 0.4) is 0 Å². The molecule has 0 unspecified atom stereocenters. The summed E-state index contributed by atoms with van der Waals surface area (Å²) in [7, 11) is 0. The number of likely N-dealkylation sites (tertiary alicyclic amines) is 1. The summed E-state index contributed by atoms with van der Waals surface area (Å²) in [5, 5.41) is 20.0. The summed E-state index contributed by atoms with van der Waals surface area (Å²) < 4.78 is 13.2. The summed E-state index contributed by atoms with van der Waals surface area (Å²) in [6.45, 7) is 2.71. The third-order valence-corrected chi connectivity index (χ3v) is 4.64. The van der Waals surface area contributed by atoms with E-state index in [1.807, 2.05) is 6.92 Å². The third kappa shape index (κ3) is 3.65. The van der Waals surface area contributed by atoms with Crippen LogP contribution in [0.2, 0.25) is 0 Å². The van der Waals surface area contributed by atoms with Crippen LogP contribution in [0.15, 0.2) is 24.3 Å². The van der Waals surface area contributed by atoms with Crippen molar-refractivity contribution >= 4 is 5.91 Å². The maximum atomic E-state index is 13.2. The van der Waals surface area contributed by atoms with E-state index in [2.05, 4.69) is 0 Å². The smallest absolute Gasteiger partial charge is 0.227 e. The van der Waals surface area contributed by atoms with Gasteiger partial charge >= 0.3 is 0 Å². The predicted octanol–water partition coefficient (Wildman–Crippen LogP) is 1.74. The molecule has 1 aromatic carbocycles. The van der Waals surface area contributed by atoms with Crippen molar-refractivity contribution < 1.29 is 19.4 Å². The molecule has 22 heavy (non-hydrogen) atoms. The van der Waals surface area contributed by atoms with Gasteiger partial charge in [0.15, 0.2) is 0 Å². The lowest BCUT2D eigenvalue weighted by atomic mass is 9.73. The van der Waals surface area contributed by atoms with Gasteiger partial charge < -0.3 is 15.1 Å². The number of amides is 1. The van der Waals surface area contributed by atoms with Crippen LogP contribution in [0.1, 0.15) is 31.7 Å². The highest BCUT2D eigenvalue weighted by Gasteiger charge is 2.42. The SMILES string of the molecule is CCC[C@]1(CO)CCN(C(=O)Cc2cccc(F)c2)C[C@H]1O. The number of halogens is 1. The van der Waals surface area contributed by atoms with Gasteiger partial charge in [-0.05, 0) is 30.5 Å². The van der Waals surface area contributed by atoms with Gasteiger partial charge in [-0.25, -0.2) is 4.39 Å². The molecular weight excluding hydrogens is 285 g/mol. The van der Waals surface area contributed by atoms with E-state index in [-0.39, 0.29) is 31.3 Å². The Balaban J connectivity index is 1.99. The topological polar surface area (TPSA) is 60.8 Å². The first-order valence-corrected chi connectivity index (χ1v) is 7.82. The highest BCUT2D eigenvalue weighted by atomic mass is 19.1. The Bertz CT molecular complexity index is 522. The Kier molecular flexibility index (Phi) is 5.53. The lowest BCUT2D eigenvalue weighted by Gasteiger charge is -2.44. The molecule has 1 fully saturated rings. The van der Waals surface area contributed by atoms with Crippen LogP contribution in [0.25, 0.3) is 0 Å². The largest absolute Gasteiger partial charge is 0.396 e. The third-order valence-electron chi connectivity index (χ3n) is 4.64. The lowest BCUT2D eigenvalue weighted by molar-refractivity contribution is -0.141. The average molecular weight is 309 g/mol. The Morgan fingerprint density at radius 2 is 2.27 bits per heavy atom. The molecule has 1 aliphatic heterocycles. The molecule has 0 aliphatic carbocycles. The van der Waals surface area contributed by atoms with Gasteiger partial charge in [-0.15, -0.1) is 0 Å². The van der Waals surface area contributed by atoms with Crippen LogP contribution < -0.4 is 0 Å². The number of carbonyl (C=O) groups is 1. The van der Waals surface area contributed by atoms with E-state index >= 15 is 0 Å². The zero-order chi connectivity index (χ0) is 16.2. The van der Waals surface area contributed by atoms with Gasteiger partial charge in [0.05, 0.1) is 19.1 Å². The van der Waals surface area contributed by atoms with Gasteiger partial charge in [-0.3, -0.25) is 4.79 Å². The van der Waals surface area contributed by atoms with E-state index in [4.69, 9.17) is 0 Å². The summed E-state index contributed by atoms with van der Waals surface area (Å²) in [5.74, 6) is -0.473. The van der Waals surface area contributed by atoms with Crippen molar-refractivity contribution in [2.75, 3.05) is 19.7 Å². The van der Waals surface area contributed by atoms with Crippen LogP contribution in [-0.2, 0) is 11.2 Å². The summed E-state index contributed by atoms with van der Waals surface area (Å²) in [4.78, 5) is 13.9. The molecule has 1 saturated heterocycles. The van der Waals surface area contributed by atoms with E-state index in [0.717, 1.165) is 12.8 Å². The fourth-order valence-electron chi connectivity index (χ4n) is 3.23. The fourth-order valence-corrected chi connectivity index (χ4v) is 3.23. The molecule has 5 heteroatoms. The van der Waals surface area contributed by atoms with Gasteiger partial charge in [0.1, 0.15) is 5.82 Å². The molecule has 0 aromatic heterocycles. The minimum absolute atomic E-state index is 0.0616. The lowest BCUT2D eigenvalue weighted by Crippen LogP contribution is -2.54. The average Bonchev–Trinajstić information content (AvgIpc) is 2.49. The molecule has 1 heterocycles. The number of carbonyl (C=O) groups excluding carboxylic acids is 1. The van der Waals surface area contributed by atoms with Crippen molar-refractivity contribution in [2.45, 2.75) is 38.7 Å². The fraction of sp³-hybridized carbons (Fsp3) is 0.588. The van der Waals surface area contributed by atoms with Crippen molar-refractivity contribution in [3.8, 4) is 0 Å². The number of aliphatic hydroxyl groups is 2. The van der Waals surface area contributed by atoms with Gasteiger partial charge in [0.25, 0.3) is 0 Å². The van der Waals surface area contributed by atoms with Gasteiger partial charge in [-0.2, -0.15) is 0 Å². The summed E-state index contributed by atoms with van der Waals surface area (Å²) in [6.07, 6.45) is 1.63. The Morgan fingerprint density at radius 3 is 2.86 bits per heavy atom. The Morgan fingerprint density at radius 1 is 1.50 bits per heavy atom. The van der Waals surface area contributed by atoms with E-state index < -0.39 is 11.5 Å². The number of β-amino-alcohol motifs (C(OH)–C–C–N with tert-alkyl or cyclic N) is 1. The molecule has 0 radical (unpaired) electrons. The predicted molar refractivity (Wildman–Crippen MR) is 81.7 cm³/mol. The minimum atomic E-state index is -0.720. The second-order valence-electron chi connectivity index (χ2n) is 6.18. The van der Waals surface area contributed by atoms with Crippen molar-refractivity contribution in [3.05, 3.63) is 35.6 Å². The first-order valence-electron chi connectivity index (χ1n) is 7.82. The van der Waals surface area contributed by atoms with E-state index in [0.29, 0.717) is 18.5 Å². The van der Waals surface area contributed by atoms with Crippen LogP contribution >= 0.6 is 0 Å². The van der Waals surface area contributed by atoms with Crippen LogP contribution in [0.4, 0.5) is 4.39 Å². The number of hydrogen-bond donors (Lipinski definition) is 2. The molecule has 4 nitrogen and oxygen atoms in total. The first kappa shape index (κ1) is 16.9. The van der Waals surface area contributed by atoms with E-state index in [9.17, 15) is 19.4 Å². The molecular formula is C17H24FNO3. The second-order valence-corrected chi connectivity index (χ2v) is 6.18. The molecule has 1 aromatic rings. The first-order chi connectivity index (χ1) is 10.5. The second kappa shape index (κ2) is 7.20. The molecule has 122 valence electrons. The van der Waals surface area contributed by atoms with Crippen molar-refractivity contribution in [1.82, 2.24) is 4.90 Å².